The van der Waals surface area contributed by atoms with E-state index in [9.17, 15) is 8.42 Å². The molecule has 2 aromatic carbocycles. The van der Waals surface area contributed by atoms with Crippen LogP contribution in [0, 0.1) is 0 Å². The van der Waals surface area contributed by atoms with Crippen LogP contribution >= 0.6 is 0 Å². The van der Waals surface area contributed by atoms with E-state index in [1.165, 1.54) is 24.8 Å². The average molecular weight is 430 g/mol. The molecule has 0 bridgehead atoms. The predicted molar refractivity (Wildman–Crippen MR) is 121 cm³/mol. The van der Waals surface area contributed by atoms with Crippen molar-refractivity contribution in [3.63, 3.8) is 0 Å². The molecule has 0 saturated carbocycles. The van der Waals surface area contributed by atoms with Crippen LogP contribution in [-0.2, 0) is 16.6 Å². The number of benzene rings is 2. The molecule has 6 nitrogen and oxygen atoms in total. The number of nitrogens with one attached hydrogen (secondary N) is 1. The maximum atomic E-state index is 12.1. The molecule has 0 aliphatic carbocycles. The van der Waals surface area contributed by atoms with Crippen molar-refractivity contribution in [2.24, 2.45) is 4.99 Å². The van der Waals surface area contributed by atoms with Gasteiger partial charge >= 0.3 is 0 Å². The second-order valence-corrected chi connectivity index (χ2v) is 9.28. The van der Waals surface area contributed by atoms with E-state index in [4.69, 9.17) is 4.74 Å². The molecule has 0 spiro atoms. The molecule has 0 unspecified atom stereocenters. The van der Waals surface area contributed by atoms with Gasteiger partial charge < -0.3 is 9.64 Å². The predicted octanol–water partition coefficient (Wildman–Crippen LogP) is 3.82. The van der Waals surface area contributed by atoms with Crippen LogP contribution < -0.4 is 9.46 Å². The number of aliphatic imine (C=N–C) groups is 1. The van der Waals surface area contributed by atoms with Crippen LogP contribution in [0.15, 0.2) is 58.4 Å². The second-order valence-electron chi connectivity index (χ2n) is 7.63. The summed E-state index contributed by atoms with van der Waals surface area (Å²) >= 11 is 0. The van der Waals surface area contributed by atoms with Crippen LogP contribution in [0.2, 0.25) is 0 Å². The maximum Gasteiger partial charge on any atom is 0.263 e. The molecule has 0 aromatic heterocycles. The van der Waals surface area contributed by atoms with Crippen LogP contribution in [0.3, 0.4) is 0 Å². The zero-order chi connectivity index (χ0) is 21.4. The van der Waals surface area contributed by atoms with Gasteiger partial charge in [0.05, 0.1) is 11.5 Å². The Morgan fingerprint density at radius 1 is 1.07 bits per heavy atom. The lowest BCUT2D eigenvalue weighted by molar-refractivity contribution is 0.307. The van der Waals surface area contributed by atoms with Gasteiger partial charge in [0.2, 0.25) is 0 Å². The SMILES string of the molecule is CCCCCN(C)Cc1cccc(OCCCN=C2NS(=O)(=O)c3ccccc32)c1. The summed E-state index contributed by atoms with van der Waals surface area (Å²) in [4.78, 5) is 7.05. The lowest BCUT2D eigenvalue weighted by atomic mass is 10.2. The van der Waals surface area contributed by atoms with Crippen LogP contribution in [0.4, 0.5) is 0 Å². The number of ether oxygens (including phenoxy) is 1. The molecular weight excluding hydrogens is 398 g/mol. The summed E-state index contributed by atoms with van der Waals surface area (Å²) in [5.41, 5.74) is 1.87. The van der Waals surface area contributed by atoms with Crippen molar-refractivity contribution in [1.29, 1.82) is 0 Å². The number of unbranched alkanes of at least 4 members (excludes halogenated alkanes) is 2. The molecule has 1 N–H and O–H groups in total. The van der Waals surface area contributed by atoms with Gasteiger partial charge in [0.25, 0.3) is 10.0 Å². The van der Waals surface area contributed by atoms with E-state index in [0.717, 1.165) is 18.8 Å². The van der Waals surface area contributed by atoms with Crippen molar-refractivity contribution in [3.05, 3.63) is 59.7 Å². The average Bonchev–Trinajstić information content (AvgIpc) is 2.99. The fraction of sp³-hybridized carbons (Fsp3) is 0.435. The number of nitrogens with zero attached hydrogens (tertiary/aromatic N) is 2. The maximum absolute atomic E-state index is 12.1. The molecule has 0 atom stereocenters. The van der Waals surface area contributed by atoms with Crippen molar-refractivity contribution < 1.29 is 13.2 Å². The fourth-order valence-electron chi connectivity index (χ4n) is 3.45. The van der Waals surface area contributed by atoms with Crippen LogP contribution in [0.25, 0.3) is 0 Å². The highest BCUT2D eigenvalue weighted by molar-refractivity contribution is 7.90. The van der Waals surface area contributed by atoms with E-state index in [1.807, 2.05) is 18.2 Å². The normalized spacial score (nSPS) is 15.9. The smallest absolute Gasteiger partial charge is 0.263 e. The van der Waals surface area contributed by atoms with Crippen LogP contribution in [0.1, 0.15) is 43.7 Å². The number of hydrogen-bond acceptors (Lipinski definition) is 5. The molecule has 0 amide bonds. The first kappa shape index (κ1) is 22.3. The number of fused-ring (bicyclic) bond motifs is 1. The third kappa shape index (κ3) is 6.06. The van der Waals surface area contributed by atoms with Gasteiger partial charge in [0.1, 0.15) is 11.6 Å². The summed E-state index contributed by atoms with van der Waals surface area (Å²) in [7, 11) is -1.33. The third-order valence-corrected chi connectivity index (χ3v) is 6.40. The minimum atomic E-state index is -3.48. The summed E-state index contributed by atoms with van der Waals surface area (Å²) < 4.78 is 32.6. The van der Waals surface area contributed by atoms with E-state index < -0.39 is 10.0 Å². The van der Waals surface area contributed by atoms with Crippen molar-refractivity contribution in [2.75, 3.05) is 26.7 Å². The molecule has 30 heavy (non-hydrogen) atoms. The van der Waals surface area contributed by atoms with E-state index >= 15 is 0 Å². The zero-order valence-corrected chi connectivity index (χ0v) is 18.6. The first-order chi connectivity index (χ1) is 14.5. The van der Waals surface area contributed by atoms with Crippen LogP contribution in [-0.4, -0.2) is 45.9 Å². The van der Waals surface area contributed by atoms with Crippen molar-refractivity contribution >= 4 is 15.9 Å². The molecule has 1 aliphatic heterocycles. The van der Waals surface area contributed by atoms with Crippen molar-refractivity contribution in [3.8, 4) is 5.75 Å². The summed E-state index contributed by atoms with van der Waals surface area (Å²) in [5.74, 6) is 1.27. The molecule has 1 heterocycles. The van der Waals surface area contributed by atoms with Gasteiger partial charge in [-0.25, -0.2) is 8.42 Å². The molecule has 2 aromatic rings. The highest BCUT2D eigenvalue weighted by Crippen LogP contribution is 2.22. The lowest BCUT2D eigenvalue weighted by Gasteiger charge is -2.17. The van der Waals surface area contributed by atoms with Gasteiger partial charge in [-0.15, -0.1) is 0 Å². The standard InChI is InChI=1S/C23H31N3O3S/c1-3-4-7-15-26(2)18-19-10-8-11-20(17-19)29-16-9-14-24-23-21-12-5-6-13-22(21)30(27,28)25-23/h5-6,8,10-13,17H,3-4,7,9,14-16,18H2,1-2H3,(H,24,25). The molecular formula is C23H31N3O3S. The number of hydrogen-bond donors (Lipinski definition) is 1. The Morgan fingerprint density at radius 2 is 1.90 bits per heavy atom. The molecule has 7 heteroatoms. The van der Waals surface area contributed by atoms with Crippen molar-refractivity contribution in [2.45, 2.75) is 44.0 Å². The first-order valence-corrected chi connectivity index (χ1v) is 12.0. The Kier molecular flexibility index (Phi) is 7.87. The zero-order valence-electron chi connectivity index (χ0n) is 17.8. The van der Waals surface area contributed by atoms with Crippen molar-refractivity contribution in [1.82, 2.24) is 9.62 Å². The summed E-state index contributed by atoms with van der Waals surface area (Å²) in [6.07, 6.45) is 4.44. The minimum Gasteiger partial charge on any atom is -0.494 e. The third-order valence-electron chi connectivity index (χ3n) is 5.00. The topological polar surface area (TPSA) is 71.0 Å². The van der Waals surface area contributed by atoms with Gasteiger partial charge in [0, 0.05) is 25.1 Å². The molecule has 0 radical (unpaired) electrons. The minimum absolute atomic E-state index is 0.288. The van der Waals surface area contributed by atoms with E-state index in [-0.39, 0.29) is 4.90 Å². The molecule has 162 valence electrons. The second kappa shape index (κ2) is 10.6. The molecule has 0 fully saturated rings. The van der Waals surface area contributed by atoms with E-state index in [1.54, 1.807) is 18.2 Å². The Balaban J connectivity index is 1.46. The highest BCUT2D eigenvalue weighted by atomic mass is 32.2. The number of amidine groups is 1. The van der Waals surface area contributed by atoms with E-state index in [2.05, 4.69) is 40.7 Å². The summed E-state index contributed by atoms with van der Waals surface area (Å²) in [6.45, 7) is 5.26. The highest BCUT2D eigenvalue weighted by Gasteiger charge is 2.29. The fourth-order valence-corrected chi connectivity index (χ4v) is 4.70. The lowest BCUT2D eigenvalue weighted by Crippen LogP contribution is -2.22. The summed E-state index contributed by atoms with van der Waals surface area (Å²) in [5, 5.41) is 0. The number of sulfonamides is 1. The first-order valence-electron chi connectivity index (χ1n) is 10.6. The van der Waals surface area contributed by atoms with E-state index in [0.29, 0.717) is 31.0 Å². The summed E-state index contributed by atoms with van der Waals surface area (Å²) in [6, 6.07) is 15.1. The van der Waals surface area contributed by atoms with Gasteiger partial charge in [-0.1, -0.05) is 44.0 Å². The van der Waals surface area contributed by atoms with Gasteiger partial charge in [-0.3, -0.25) is 9.71 Å². The molecule has 0 saturated heterocycles. The largest absolute Gasteiger partial charge is 0.494 e. The van der Waals surface area contributed by atoms with Gasteiger partial charge in [-0.2, -0.15) is 0 Å². The Morgan fingerprint density at radius 3 is 2.73 bits per heavy atom. The Hall–Kier alpha value is -2.38. The van der Waals surface area contributed by atoms with Gasteiger partial charge in [0.15, 0.2) is 0 Å². The van der Waals surface area contributed by atoms with Gasteiger partial charge in [-0.05, 0) is 49.8 Å². The Labute approximate surface area is 180 Å². The number of rotatable bonds is 11. The quantitative estimate of drug-likeness (QED) is 0.551. The monoisotopic (exact) mass is 429 g/mol. The Bertz CT molecular complexity index is 973. The molecule has 3 rings (SSSR count). The van der Waals surface area contributed by atoms with Crippen LogP contribution in [0.5, 0.6) is 5.75 Å². The molecule has 1 aliphatic rings.